The molecule has 13 heavy (non-hydrogen) atoms. The first kappa shape index (κ1) is 8.29. The maximum absolute atomic E-state index is 11.4. The van der Waals surface area contributed by atoms with Gasteiger partial charge < -0.3 is 9.30 Å². The van der Waals surface area contributed by atoms with Crippen molar-refractivity contribution in [3.63, 3.8) is 0 Å². The van der Waals surface area contributed by atoms with Crippen molar-refractivity contribution in [1.29, 1.82) is 0 Å². The van der Waals surface area contributed by atoms with E-state index in [1.54, 1.807) is 10.9 Å². The second-order valence-electron chi connectivity index (χ2n) is 3.36. The molecule has 0 N–H and O–H groups in total. The van der Waals surface area contributed by atoms with Gasteiger partial charge in [0.2, 0.25) is 0 Å². The van der Waals surface area contributed by atoms with Crippen molar-refractivity contribution < 1.29 is 9.53 Å². The standard InChI is InChI=1S/C9H12N2O2/c1-11-5-10-7(6-3-4-6)8(11)9(12)13-2/h5-6H,3-4H2,1-2H3. The Bertz CT molecular complexity index is 339. The van der Waals surface area contributed by atoms with E-state index in [0.29, 0.717) is 11.6 Å². The van der Waals surface area contributed by atoms with Gasteiger partial charge in [-0.1, -0.05) is 0 Å². The number of imidazole rings is 1. The summed E-state index contributed by atoms with van der Waals surface area (Å²) in [6, 6.07) is 0. The van der Waals surface area contributed by atoms with Crippen LogP contribution in [-0.2, 0) is 11.8 Å². The molecule has 2 rings (SSSR count). The number of methoxy groups -OCH3 is 1. The molecule has 0 atom stereocenters. The average molecular weight is 180 g/mol. The highest BCUT2D eigenvalue weighted by atomic mass is 16.5. The Balaban J connectivity index is 2.39. The third-order valence-electron chi connectivity index (χ3n) is 2.31. The maximum Gasteiger partial charge on any atom is 0.356 e. The van der Waals surface area contributed by atoms with Gasteiger partial charge in [-0.2, -0.15) is 0 Å². The van der Waals surface area contributed by atoms with E-state index in [2.05, 4.69) is 4.98 Å². The molecule has 0 saturated heterocycles. The number of aryl methyl sites for hydroxylation is 1. The summed E-state index contributed by atoms with van der Waals surface area (Å²) in [6.45, 7) is 0. The van der Waals surface area contributed by atoms with E-state index in [1.165, 1.54) is 7.11 Å². The fourth-order valence-corrected chi connectivity index (χ4v) is 1.45. The van der Waals surface area contributed by atoms with Gasteiger partial charge in [0.25, 0.3) is 0 Å². The summed E-state index contributed by atoms with van der Waals surface area (Å²) in [6.07, 6.45) is 3.95. The van der Waals surface area contributed by atoms with Crippen LogP contribution in [0.5, 0.6) is 0 Å². The molecule has 1 fully saturated rings. The van der Waals surface area contributed by atoms with Crippen LogP contribution in [0.1, 0.15) is 34.9 Å². The zero-order chi connectivity index (χ0) is 9.42. The molecule has 0 bridgehead atoms. The minimum atomic E-state index is -0.290. The Hall–Kier alpha value is -1.32. The van der Waals surface area contributed by atoms with Gasteiger partial charge in [-0.25, -0.2) is 9.78 Å². The Morgan fingerprint density at radius 2 is 2.38 bits per heavy atom. The van der Waals surface area contributed by atoms with Crippen LogP contribution in [0.25, 0.3) is 0 Å². The second-order valence-corrected chi connectivity index (χ2v) is 3.36. The summed E-state index contributed by atoms with van der Waals surface area (Å²) >= 11 is 0. The Morgan fingerprint density at radius 3 is 2.92 bits per heavy atom. The number of hydrogen-bond donors (Lipinski definition) is 0. The monoisotopic (exact) mass is 180 g/mol. The van der Waals surface area contributed by atoms with Gasteiger partial charge in [-0.15, -0.1) is 0 Å². The number of nitrogens with zero attached hydrogens (tertiary/aromatic N) is 2. The average Bonchev–Trinajstić information content (AvgIpc) is 2.89. The van der Waals surface area contributed by atoms with Crippen LogP contribution in [0.4, 0.5) is 0 Å². The molecule has 70 valence electrons. The smallest absolute Gasteiger partial charge is 0.356 e. The van der Waals surface area contributed by atoms with Crippen LogP contribution >= 0.6 is 0 Å². The lowest BCUT2D eigenvalue weighted by molar-refractivity contribution is 0.0588. The molecule has 0 aliphatic heterocycles. The third kappa shape index (κ3) is 1.32. The van der Waals surface area contributed by atoms with Crippen molar-refractivity contribution in [2.45, 2.75) is 18.8 Å². The summed E-state index contributed by atoms with van der Waals surface area (Å²) in [5, 5.41) is 0. The Labute approximate surface area is 76.5 Å². The van der Waals surface area contributed by atoms with Gasteiger partial charge in [-0.3, -0.25) is 0 Å². The van der Waals surface area contributed by atoms with Gasteiger partial charge in [0, 0.05) is 13.0 Å². The quantitative estimate of drug-likeness (QED) is 0.640. The highest BCUT2D eigenvalue weighted by Crippen LogP contribution is 2.40. The molecule has 1 aliphatic rings. The minimum Gasteiger partial charge on any atom is -0.464 e. The van der Waals surface area contributed by atoms with Crippen LogP contribution in [0.3, 0.4) is 0 Å². The normalized spacial score (nSPS) is 15.8. The van der Waals surface area contributed by atoms with Gasteiger partial charge in [0.15, 0.2) is 5.69 Å². The fraction of sp³-hybridized carbons (Fsp3) is 0.556. The number of esters is 1. The van der Waals surface area contributed by atoms with E-state index in [1.807, 2.05) is 7.05 Å². The summed E-state index contributed by atoms with van der Waals surface area (Å²) in [4.78, 5) is 15.6. The highest BCUT2D eigenvalue weighted by molar-refractivity contribution is 5.89. The van der Waals surface area contributed by atoms with Gasteiger partial charge in [0.1, 0.15) is 0 Å². The zero-order valence-electron chi connectivity index (χ0n) is 7.78. The largest absolute Gasteiger partial charge is 0.464 e. The molecule has 0 unspecified atom stereocenters. The first-order valence-electron chi connectivity index (χ1n) is 4.33. The number of rotatable bonds is 2. The molecule has 0 amide bonds. The molecule has 0 spiro atoms. The van der Waals surface area contributed by atoms with E-state index in [0.717, 1.165) is 18.5 Å². The van der Waals surface area contributed by atoms with Crippen LogP contribution in [0.15, 0.2) is 6.33 Å². The van der Waals surface area contributed by atoms with Crippen LogP contribution in [0, 0.1) is 0 Å². The summed E-state index contributed by atoms with van der Waals surface area (Å²) < 4.78 is 6.42. The molecule has 1 heterocycles. The molecule has 4 nitrogen and oxygen atoms in total. The highest BCUT2D eigenvalue weighted by Gasteiger charge is 2.31. The Morgan fingerprint density at radius 1 is 1.69 bits per heavy atom. The number of carbonyl (C=O) groups excluding carboxylic acids is 1. The zero-order valence-corrected chi connectivity index (χ0v) is 7.78. The van der Waals surface area contributed by atoms with E-state index >= 15 is 0 Å². The predicted molar refractivity (Wildman–Crippen MR) is 46.5 cm³/mol. The molecule has 1 saturated carbocycles. The number of ether oxygens (including phenoxy) is 1. The first-order valence-corrected chi connectivity index (χ1v) is 4.33. The van der Waals surface area contributed by atoms with Crippen molar-refractivity contribution in [3.8, 4) is 0 Å². The molecule has 1 aromatic rings. The minimum absolute atomic E-state index is 0.290. The lowest BCUT2D eigenvalue weighted by Crippen LogP contribution is -2.09. The summed E-state index contributed by atoms with van der Waals surface area (Å²) in [5.41, 5.74) is 1.50. The maximum atomic E-state index is 11.4. The molecular weight excluding hydrogens is 168 g/mol. The van der Waals surface area contributed by atoms with Crippen LogP contribution in [0.2, 0.25) is 0 Å². The van der Waals surface area contributed by atoms with Gasteiger partial charge >= 0.3 is 5.97 Å². The lowest BCUT2D eigenvalue weighted by Gasteiger charge is -2.01. The topological polar surface area (TPSA) is 44.1 Å². The predicted octanol–water partition coefficient (Wildman–Crippen LogP) is 1.08. The Kier molecular flexibility index (Phi) is 1.83. The van der Waals surface area contributed by atoms with Gasteiger partial charge in [0.05, 0.1) is 19.1 Å². The first-order chi connectivity index (χ1) is 6.24. The van der Waals surface area contributed by atoms with Crippen molar-refractivity contribution in [3.05, 3.63) is 17.7 Å². The second kappa shape index (κ2) is 2.87. The summed E-state index contributed by atoms with van der Waals surface area (Å²) in [5.74, 6) is 0.192. The molecular formula is C9H12N2O2. The number of carbonyl (C=O) groups is 1. The summed E-state index contributed by atoms with van der Waals surface area (Å²) in [7, 11) is 3.21. The van der Waals surface area contributed by atoms with Crippen molar-refractivity contribution in [2.75, 3.05) is 7.11 Å². The molecule has 0 radical (unpaired) electrons. The molecule has 4 heteroatoms. The number of aromatic nitrogens is 2. The molecule has 1 aromatic heterocycles. The lowest BCUT2D eigenvalue weighted by atomic mass is 10.2. The van der Waals surface area contributed by atoms with Gasteiger partial charge in [-0.05, 0) is 12.8 Å². The van der Waals surface area contributed by atoms with E-state index < -0.39 is 0 Å². The fourth-order valence-electron chi connectivity index (χ4n) is 1.45. The van der Waals surface area contributed by atoms with E-state index in [4.69, 9.17) is 4.74 Å². The third-order valence-corrected chi connectivity index (χ3v) is 2.31. The van der Waals surface area contributed by atoms with Crippen LogP contribution in [-0.4, -0.2) is 22.6 Å². The molecule has 1 aliphatic carbocycles. The van der Waals surface area contributed by atoms with Crippen molar-refractivity contribution >= 4 is 5.97 Å². The van der Waals surface area contributed by atoms with Crippen LogP contribution < -0.4 is 0 Å². The van der Waals surface area contributed by atoms with Crippen molar-refractivity contribution in [2.24, 2.45) is 7.05 Å². The molecule has 0 aromatic carbocycles. The van der Waals surface area contributed by atoms with E-state index in [-0.39, 0.29) is 5.97 Å². The number of hydrogen-bond acceptors (Lipinski definition) is 3. The SMILES string of the molecule is COC(=O)c1c(C2CC2)ncn1C. The van der Waals surface area contributed by atoms with E-state index in [9.17, 15) is 4.79 Å². The van der Waals surface area contributed by atoms with Crippen molar-refractivity contribution in [1.82, 2.24) is 9.55 Å².